The van der Waals surface area contributed by atoms with Gasteiger partial charge < -0.3 is 9.47 Å². The Hall–Kier alpha value is -1.86. The van der Waals surface area contributed by atoms with E-state index in [1.165, 1.54) is 13.0 Å². The third kappa shape index (κ3) is 2.10. The van der Waals surface area contributed by atoms with E-state index in [4.69, 9.17) is 9.47 Å². The Balaban J connectivity index is 1.34. The molecule has 5 rings (SSSR count). The van der Waals surface area contributed by atoms with Crippen molar-refractivity contribution in [1.29, 1.82) is 0 Å². The highest BCUT2D eigenvalue weighted by atomic mass is 32.1. The number of hydrogen-bond acceptors (Lipinski definition) is 7. The molecule has 120 valence electrons. The fourth-order valence-electron chi connectivity index (χ4n) is 3.91. The summed E-state index contributed by atoms with van der Waals surface area (Å²) in [4.78, 5) is 11.7. The Kier molecular flexibility index (Phi) is 2.84. The predicted octanol–water partition coefficient (Wildman–Crippen LogP) is 2.18. The molecule has 6 nitrogen and oxygen atoms in total. The first kappa shape index (κ1) is 13.6. The van der Waals surface area contributed by atoms with Gasteiger partial charge in [0.1, 0.15) is 11.4 Å². The number of hydrogen-bond donors (Lipinski definition) is 1. The highest BCUT2D eigenvalue weighted by Crippen LogP contribution is 2.41. The van der Waals surface area contributed by atoms with Crippen molar-refractivity contribution in [3.63, 3.8) is 0 Å². The molecule has 2 saturated heterocycles. The molecule has 1 aromatic carbocycles. The van der Waals surface area contributed by atoms with Gasteiger partial charge in [-0.2, -0.15) is 0 Å². The summed E-state index contributed by atoms with van der Waals surface area (Å²) in [7, 11) is 1.67. The fourth-order valence-corrected chi connectivity index (χ4v) is 4.80. The summed E-state index contributed by atoms with van der Waals surface area (Å²) in [6, 6.07) is 6.51. The van der Waals surface area contributed by atoms with Gasteiger partial charge in [-0.05, 0) is 31.2 Å². The van der Waals surface area contributed by atoms with Crippen LogP contribution in [0.3, 0.4) is 0 Å². The van der Waals surface area contributed by atoms with Crippen LogP contribution >= 0.6 is 11.3 Å². The lowest BCUT2D eigenvalue weighted by molar-refractivity contribution is 0.0364. The van der Waals surface area contributed by atoms with Crippen molar-refractivity contribution < 1.29 is 9.47 Å². The van der Waals surface area contributed by atoms with E-state index in [2.05, 4.69) is 20.2 Å². The molecule has 0 aliphatic carbocycles. The van der Waals surface area contributed by atoms with Gasteiger partial charge in [-0.25, -0.2) is 9.98 Å². The highest BCUT2D eigenvalue weighted by Gasteiger charge is 2.54. The molecule has 4 heterocycles. The lowest BCUT2D eigenvalue weighted by Crippen LogP contribution is -2.46. The van der Waals surface area contributed by atoms with Crippen LogP contribution in [0.4, 0.5) is 5.13 Å². The molecule has 23 heavy (non-hydrogen) atoms. The molecule has 1 spiro atoms. The Morgan fingerprint density at radius 2 is 2.43 bits per heavy atom. The van der Waals surface area contributed by atoms with Crippen molar-refractivity contribution >= 4 is 32.7 Å². The molecule has 1 aromatic heterocycles. The van der Waals surface area contributed by atoms with Gasteiger partial charge >= 0.3 is 0 Å². The second kappa shape index (κ2) is 4.82. The van der Waals surface area contributed by atoms with Crippen molar-refractivity contribution in [2.45, 2.75) is 12.0 Å². The van der Waals surface area contributed by atoms with E-state index in [9.17, 15) is 0 Å². The first-order chi connectivity index (χ1) is 11.2. The maximum atomic E-state index is 6.23. The third-order valence-corrected chi connectivity index (χ3v) is 6.04. The number of piperidine rings is 1. The first-order valence-corrected chi connectivity index (χ1v) is 8.73. The van der Waals surface area contributed by atoms with Crippen LogP contribution in [0.15, 0.2) is 23.2 Å². The highest BCUT2D eigenvalue weighted by molar-refractivity contribution is 7.22. The number of amidine groups is 1. The van der Waals surface area contributed by atoms with Gasteiger partial charge in [-0.15, -0.1) is 0 Å². The summed E-state index contributed by atoms with van der Waals surface area (Å²) in [6.07, 6.45) is 1.23. The number of aromatic nitrogens is 1. The Morgan fingerprint density at radius 1 is 1.48 bits per heavy atom. The number of aliphatic imine (C=N–C) groups is 1. The first-order valence-electron chi connectivity index (χ1n) is 7.91. The molecule has 0 saturated carbocycles. The molecule has 1 N–H and O–H groups in total. The van der Waals surface area contributed by atoms with Crippen LogP contribution in [0.25, 0.3) is 10.2 Å². The molecule has 2 aromatic rings. The summed E-state index contributed by atoms with van der Waals surface area (Å²) < 4.78 is 12.6. The standard InChI is InChI=1S/C16H18N4O2S/c1-21-11-2-3-12-13(6-11)23-15(18-12)19-14-17-8-16(22-14)9-20-5-4-10(16)7-20/h2-3,6,10H,4-5,7-9H2,1H3,(H,17,18,19)/t10-,16+/m1/s1. The molecular formula is C16H18N4O2S. The van der Waals surface area contributed by atoms with Crippen LogP contribution in [0, 0.1) is 5.92 Å². The fraction of sp³-hybridized carbons (Fsp3) is 0.500. The largest absolute Gasteiger partial charge is 0.497 e. The van der Waals surface area contributed by atoms with Crippen LogP contribution in [-0.4, -0.2) is 54.8 Å². The summed E-state index contributed by atoms with van der Waals surface area (Å²) in [5, 5.41) is 4.07. The quantitative estimate of drug-likeness (QED) is 0.914. The lowest BCUT2D eigenvalue weighted by atomic mass is 9.88. The molecule has 1 unspecified atom stereocenters. The average Bonchev–Trinajstić information content (AvgIpc) is 3.31. The number of nitrogens with one attached hydrogen (secondary N) is 1. The average molecular weight is 330 g/mol. The topological polar surface area (TPSA) is 59.0 Å². The summed E-state index contributed by atoms with van der Waals surface area (Å²) in [6.45, 7) is 4.13. The normalized spacial score (nSPS) is 31.6. The van der Waals surface area contributed by atoms with Gasteiger partial charge in [0, 0.05) is 19.0 Å². The van der Waals surface area contributed by atoms with E-state index < -0.39 is 0 Å². The zero-order valence-corrected chi connectivity index (χ0v) is 13.7. The molecule has 3 aliphatic rings. The van der Waals surface area contributed by atoms with Gasteiger partial charge in [0.15, 0.2) is 5.13 Å². The van der Waals surface area contributed by atoms with Gasteiger partial charge in [0.2, 0.25) is 0 Å². The van der Waals surface area contributed by atoms with Crippen molar-refractivity contribution in [3.05, 3.63) is 18.2 Å². The number of benzene rings is 1. The molecule has 0 radical (unpaired) electrons. The Bertz CT molecular complexity index is 804. The van der Waals surface area contributed by atoms with E-state index in [-0.39, 0.29) is 5.60 Å². The number of fused-ring (bicyclic) bond motifs is 4. The predicted molar refractivity (Wildman–Crippen MR) is 90.5 cm³/mol. The van der Waals surface area contributed by atoms with Crippen molar-refractivity contribution in [3.8, 4) is 5.75 Å². The van der Waals surface area contributed by atoms with Gasteiger partial charge in [0.25, 0.3) is 6.02 Å². The van der Waals surface area contributed by atoms with Crippen LogP contribution < -0.4 is 10.1 Å². The molecule has 7 heteroatoms. The zero-order valence-electron chi connectivity index (χ0n) is 12.9. The van der Waals surface area contributed by atoms with Crippen molar-refractivity contribution in [2.24, 2.45) is 10.9 Å². The minimum absolute atomic E-state index is 0.0967. The maximum absolute atomic E-state index is 6.23. The van der Waals surface area contributed by atoms with Crippen molar-refractivity contribution in [2.75, 3.05) is 38.6 Å². The van der Waals surface area contributed by atoms with Gasteiger partial charge in [0.05, 0.1) is 23.9 Å². The monoisotopic (exact) mass is 330 g/mol. The van der Waals surface area contributed by atoms with Crippen LogP contribution in [0.1, 0.15) is 6.42 Å². The Morgan fingerprint density at radius 3 is 3.22 bits per heavy atom. The molecule has 2 fully saturated rings. The second-order valence-corrected chi connectivity index (χ2v) is 7.52. The SMILES string of the molecule is COc1ccc2nc(NC3=NC[C@@]4(CN5CC[C@@H]4C5)O3)sc2c1. The van der Waals surface area contributed by atoms with Crippen LogP contribution in [0.2, 0.25) is 0 Å². The van der Waals surface area contributed by atoms with E-state index in [0.29, 0.717) is 11.9 Å². The van der Waals surface area contributed by atoms with E-state index in [0.717, 1.165) is 40.7 Å². The van der Waals surface area contributed by atoms with Gasteiger partial charge in [-0.1, -0.05) is 11.3 Å². The van der Waals surface area contributed by atoms with Crippen molar-refractivity contribution in [1.82, 2.24) is 9.88 Å². The molecule has 0 amide bonds. The minimum Gasteiger partial charge on any atom is -0.497 e. The van der Waals surface area contributed by atoms with E-state index >= 15 is 0 Å². The Labute approximate surface area is 138 Å². The smallest absolute Gasteiger partial charge is 0.291 e. The van der Waals surface area contributed by atoms with Crippen LogP contribution in [0.5, 0.6) is 5.75 Å². The molecular weight excluding hydrogens is 312 g/mol. The van der Waals surface area contributed by atoms with Crippen LogP contribution in [-0.2, 0) is 4.74 Å². The lowest BCUT2D eigenvalue weighted by Gasteiger charge is -2.31. The summed E-state index contributed by atoms with van der Waals surface area (Å²) in [5.74, 6) is 1.46. The second-order valence-electron chi connectivity index (χ2n) is 6.49. The number of rotatable bonds is 2. The van der Waals surface area contributed by atoms with Gasteiger partial charge in [-0.3, -0.25) is 10.2 Å². The number of thiazole rings is 1. The molecule has 3 aliphatic heterocycles. The summed E-state index contributed by atoms with van der Waals surface area (Å²) in [5.41, 5.74) is 0.859. The number of nitrogens with zero attached hydrogens (tertiary/aromatic N) is 3. The maximum Gasteiger partial charge on any atom is 0.291 e. The third-order valence-electron chi connectivity index (χ3n) is 5.11. The minimum atomic E-state index is -0.0967. The number of methoxy groups -OCH3 is 1. The zero-order chi connectivity index (χ0) is 15.4. The van der Waals surface area contributed by atoms with E-state index in [1.807, 2.05) is 18.2 Å². The number of ether oxygens (including phenoxy) is 2. The summed E-state index contributed by atoms with van der Waals surface area (Å²) >= 11 is 1.59. The van der Waals surface area contributed by atoms with E-state index in [1.54, 1.807) is 18.4 Å². The molecule has 3 atom stereocenters. The number of anilines is 1. The molecule has 2 bridgehead atoms.